The Bertz CT molecular complexity index is 1060. The molecule has 0 spiro atoms. The van der Waals surface area contributed by atoms with Crippen LogP contribution in [0.3, 0.4) is 0 Å². The van der Waals surface area contributed by atoms with Gasteiger partial charge in [0.2, 0.25) is 0 Å². The number of para-hydroxylation sites is 1. The molecule has 3 aromatic rings. The lowest BCUT2D eigenvalue weighted by molar-refractivity contribution is 0.249. The maximum Gasteiger partial charge on any atom is 0.319 e. The molecule has 1 heterocycles. The molecule has 1 atom stereocenters. The lowest BCUT2D eigenvalue weighted by Gasteiger charge is -2.17. The number of hydrogen-bond donors (Lipinski definition) is 2. The molecule has 6 heteroatoms. The van der Waals surface area contributed by atoms with Gasteiger partial charge in [0.25, 0.3) is 5.56 Å². The molecule has 28 heavy (non-hydrogen) atoms. The first kappa shape index (κ1) is 19.5. The molecule has 0 saturated heterocycles. The second kappa shape index (κ2) is 7.76. The van der Waals surface area contributed by atoms with Gasteiger partial charge in [-0.05, 0) is 51.0 Å². The van der Waals surface area contributed by atoms with Crippen LogP contribution in [0.1, 0.15) is 35.3 Å². The van der Waals surface area contributed by atoms with Crippen LogP contribution in [0, 0.1) is 20.8 Å². The van der Waals surface area contributed by atoms with Gasteiger partial charge in [0.05, 0.1) is 17.4 Å². The van der Waals surface area contributed by atoms with E-state index in [2.05, 4.69) is 16.7 Å². The summed E-state index contributed by atoms with van der Waals surface area (Å²) in [5.74, 6) is 0. The van der Waals surface area contributed by atoms with Crippen molar-refractivity contribution in [2.75, 3.05) is 5.32 Å². The fourth-order valence-electron chi connectivity index (χ4n) is 3.36. The molecule has 3 rings (SSSR count). The van der Waals surface area contributed by atoms with Crippen LogP contribution in [0.25, 0.3) is 5.69 Å². The summed E-state index contributed by atoms with van der Waals surface area (Å²) in [7, 11) is 1.80. The van der Waals surface area contributed by atoms with Crippen LogP contribution in [-0.4, -0.2) is 15.4 Å². The Labute approximate surface area is 164 Å². The number of hydrogen-bond acceptors (Lipinski definition) is 2. The summed E-state index contributed by atoms with van der Waals surface area (Å²) < 4.78 is 3.28. The van der Waals surface area contributed by atoms with Crippen LogP contribution in [0.5, 0.6) is 0 Å². The van der Waals surface area contributed by atoms with Crippen molar-refractivity contribution in [2.45, 2.75) is 33.7 Å². The highest BCUT2D eigenvalue weighted by Gasteiger charge is 2.19. The monoisotopic (exact) mass is 378 g/mol. The molecule has 0 radical (unpaired) electrons. The van der Waals surface area contributed by atoms with Gasteiger partial charge in [-0.15, -0.1) is 0 Å². The number of carbonyl (C=O) groups is 1. The first-order valence-corrected chi connectivity index (χ1v) is 9.28. The van der Waals surface area contributed by atoms with Crippen LogP contribution in [0.2, 0.25) is 0 Å². The number of carbonyl (C=O) groups excluding carboxylic acids is 1. The zero-order chi connectivity index (χ0) is 20.4. The van der Waals surface area contributed by atoms with Crippen LogP contribution in [0.4, 0.5) is 10.5 Å². The highest BCUT2D eigenvalue weighted by atomic mass is 16.2. The predicted octanol–water partition coefficient (Wildman–Crippen LogP) is 3.98. The summed E-state index contributed by atoms with van der Waals surface area (Å²) in [6.45, 7) is 7.78. The van der Waals surface area contributed by atoms with E-state index in [0.29, 0.717) is 5.69 Å². The van der Waals surface area contributed by atoms with Crippen LogP contribution < -0.4 is 16.2 Å². The Kier molecular flexibility index (Phi) is 5.40. The van der Waals surface area contributed by atoms with Gasteiger partial charge in [0.1, 0.15) is 5.69 Å². The van der Waals surface area contributed by atoms with Gasteiger partial charge in [-0.3, -0.25) is 9.48 Å². The van der Waals surface area contributed by atoms with Gasteiger partial charge in [0.15, 0.2) is 0 Å². The molecule has 1 aromatic heterocycles. The van der Waals surface area contributed by atoms with E-state index in [0.717, 1.165) is 22.4 Å². The Morgan fingerprint density at radius 2 is 1.71 bits per heavy atom. The number of aryl methyl sites for hydroxylation is 2. The van der Waals surface area contributed by atoms with Gasteiger partial charge < -0.3 is 10.6 Å². The average molecular weight is 378 g/mol. The van der Waals surface area contributed by atoms with Crippen LogP contribution in [-0.2, 0) is 7.05 Å². The van der Waals surface area contributed by atoms with E-state index in [1.54, 1.807) is 16.4 Å². The number of benzene rings is 2. The molecular weight excluding hydrogens is 352 g/mol. The van der Waals surface area contributed by atoms with Crippen LogP contribution in [0.15, 0.2) is 53.3 Å². The molecule has 0 bridgehead atoms. The number of rotatable bonds is 4. The first-order chi connectivity index (χ1) is 13.3. The third kappa shape index (κ3) is 3.71. The highest BCUT2D eigenvalue weighted by molar-refractivity contribution is 5.90. The molecule has 1 unspecified atom stereocenters. The number of nitrogens with zero attached hydrogens (tertiary/aromatic N) is 2. The third-order valence-corrected chi connectivity index (χ3v) is 5.04. The second-order valence-corrected chi connectivity index (χ2v) is 7.12. The summed E-state index contributed by atoms with van der Waals surface area (Å²) in [5, 5.41) is 5.67. The molecule has 0 saturated carbocycles. The number of anilines is 1. The quantitative estimate of drug-likeness (QED) is 0.721. The van der Waals surface area contributed by atoms with E-state index in [1.807, 2.05) is 70.2 Å². The Morgan fingerprint density at radius 3 is 2.39 bits per heavy atom. The highest BCUT2D eigenvalue weighted by Crippen LogP contribution is 2.19. The maximum absolute atomic E-state index is 12.9. The first-order valence-electron chi connectivity index (χ1n) is 9.28. The molecular formula is C22H26N4O2. The Morgan fingerprint density at radius 1 is 1.04 bits per heavy atom. The molecule has 6 nitrogen and oxygen atoms in total. The molecule has 146 valence electrons. The summed E-state index contributed by atoms with van der Waals surface area (Å²) in [6.07, 6.45) is 0. The van der Waals surface area contributed by atoms with Gasteiger partial charge >= 0.3 is 6.03 Å². The third-order valence-electron chi connectivity index (χ3n) is 5.04. The second-order valence-electron chi connectivity index (χ2n) is 7.12. The standard InChI is InChI=1S/C22H26N4O2/c1-14-11-12-15(2)19(13-14)16(3)23-22(28)24-20-17(4)25(5)26(21(20)27)18-9-7-6-8-10-18/h6-13,16H,1-5H3,(H2,23,24,28). The number of aromatic nitrogens is 2. The maximum atomic E-state index is 12.9. The minimum Gasteiger partial charge on any atom is -0.331 e. The Balaban J connectivity index is 1.83. The number of amides is 2. The van der Waals surface area contributed by atoms with Crippen molar-refractivity contribution in [1.82, 2.24) is 14.7 Å². The molecule has 0 aliphatic carbocycles. The minimum atomic E-state index is -0.403. The molecule has 2 amide bonds. The molecule has 0 aliphatic rings. The van der Waals surface area contributed by atoms with Crippen molar-refractivity contribution < 1.29 is 4.79 Å². The van der Waals surface area contributed by atoms with Crippen molar-refractivity contribution in [2.24, 2.45) is 7.05 Å². The molecule has 0 fully saturated rings. The van der Waals surface area contributed by atoms with Gasteiger partial charge in [-0.25, -0.2) is 9.48 Å². The molecule has 0 aliphatic heterocycles. The molecule has 2 N–H and O–H groups in total. The number of urea groups is 1. The largest absolute Gasteiger partial charge is 0.331 e. The van der Waals surface area contributed by atoms with E-state index >= 15 is 0 Å². The topological polar surface area (TPSA) is 68.1 Å². The van der Waals surface area contributed by atoms with Crippen LogP contribution >= 0.6 is 0 Å². The number of nitrogens with one attached hydrogen (secondary N) is 2. The normalized spacial score (nSPS) is 11.9. The van der Waals surface area contributed by atoms with Gasteiger partial charge in [0, 0.05) is 7.05 Å². The lowest BCUT2D eigenvalue weighted by Crippen LogP contribution is -2.33. The SMILES string of the molecule is Cc1ccc(C)c(C(C)NC(=O)Nc2c(C)n(C)n(-c3ccccc3)c2=O)c1. The van der Waals surface area contributed by atoms with Crippen molar-refractivity contribution >= 4 is 11.7 Å². The van der Waals surface area contributed by atoms with Crippen molar-refractivity contribution in [3.63, 3.8) is 0 Å². The zero-order valence-electron chi connectivity index (χ0n) is 16.9. The van der Waals surface area contributed by atoms with Gasteiger partial charge in [-0.2, -0.15) is 0 Å². The van der Waals surface area contributed by atoms with Crippen molar-refractivity contribution in [3.05, 3.63) is 81.3 Å². The smallest absolute Gasteiger partial charge is 0.319 e. The lowest BCUT2D eigenvalue weighted by atomic mass is 10.0. The summed E-state index contributed by atoms with van der Waals surface area (Å²) in [6, 6.07) is 14.9. The minimum absolute atomic E-state index is 0.180. The van der Waals surface area contributed by atoms with E-state index in [1.165, 1.54) is 0 Å². The average Bonchev–Trinajstić information content (AvgIpc) is 2.87. The van der Waals surface area contributed by atoms with Crippen molar-refractivity contribution in [1.29, 1.82) is 0 Å². The fraction of sp³-hybridized carbons (Fsp3) is 0.273. The van der Waals surface area contributed by atoms with E-state index < -0.39 is 6.03 Å². The Hall–Kier alpha value is -3.28. The summed E-state index contributed by atoms with van der Waals surface area (Å²) in [5.41, 5.74) is 4.75. The summed E-state index contributed by atoms with van der Waals surface area (Å²) >= 11 is 0. The van der Waals surface area contributed by atoms with E-state index in [4.69, 9.17) is 0 Å². The fourth-order valence-corrected chi connectivity index (χ4v) is 3.36. The van der Waals surface area contributed by atoms with Crippen molar-refractivity contribution in [3.8, 4) is 5.69 Å². The van der Waals surface area contributed by atoms with Gasteiger partial charge in [-0.1, -0.05) is 42.0 Å². The predicted molar refractivity (Wildman–Crippen MR) is 112 cm³/mol. The zero-order valence-corrected chi connectivity index (χ0v) is 16.9. The van der Waals surface area contributed by atoms with E-state index in [-0.39, 0.29) is 17.3 Å². The van der Waals surface area contributed by atoms with E-state index in [9.17, 15) is 9.59 Å². The molecule has 2 aromatic carbocycles. The summed E-state index contributed by atoms with van der Waals surface area (Å²) in [4.78, 5) is 25.5.